The Morgan fingerprint density at radius 3 is 2.32 bits per heavy atom. The standard InChI is InChI=1S/C14H16INO3/c1-4-19-14(18)12(9-16(2)3)13(17)10-5-7-11(15)8-6-10/h5-9H,4H2,1-3H3/b12-9+. The summed E-state index contributed by atoms with van der Waals surface area (Å²) in [6.45, 7) is 1.95. The molecule has 1 aromatic carbocycles. The van der Waals surface area contributed by atoms with E-state index in [1.54, 1.807) is 38.1 Å². The molecule has 102 valence electrons. The molecule has 5 heteroatoms. The van der Waals surface area contributed by atoms with Crippen LogP contribution in [-0.2, 0) is 9.53 Å². The van der Waals surface area contributed by atoms with Gasteiger partial charge in [0.25, 0.3) is 0 Å². The molecule has 0 aliphatic carbocycles. The average Bonchev–Trinajstić information content (AvgIpc) is 2.36. The molecule has 0 radical (unpaired) electrons. The SMILES string of the molecule is CCOC(=O)/C(=C/N(C)C)C(=O)c1ccc(I)cc1. The van der Waals surface area contributed by atoms with Crippen molar-refractivity contribution in [1.82, 2.24) is 4.90 Å². The van der Waals surface area contributed by atoms with Gasteiger partial charge in [-0.3, -0.25) is 4.79 Å². The topological polar surface area (TPSA) is 46.6 Å². The van der Waals surface area contributed by atoms with E-state index < -0.39 is 5.97 Å². The molecule has 1 rings (SSSR count). The molecule has 0 fully saturated rings. The van der Waals surface area contributed by atoms with Gasteiger partial charge in [-0.1, -0.05) is 0 Å². The van der Waals surface area contributed by atoms with Crippen LogP contribution in [0.1, 0.15) is 17.3 Å². The largest absolute Gasteiger partial charge is 0.462 e. The van der Waals surface area contributed by atoms with E-state index in [2.05, 4.69) is 22.6 Å². The Morgan fingerprint density at radius 2 is 1.84 bits per heavy atom. The molecule has 0 aliphatic heterocycles. The third kappa shape index (κ3) is 4.66. The molecular weight excluding hydrogens is 357 g/mol. The van der Waals surface area contributed by atoms with Gasteiger partial charge in [0.05, 0.1) is 6.61 Å². The lowest BCUT2D eigenvalue weighted by Crippen LogP contribution is -2.19. The highest BCUT2D eigenvalue weighted by Crippen LogP contribution is 2.13. The van der Waals surface area contributed by atoms with Crippen molar-refractivity contribution in [3.8, 4) is 0 Å². The third-order valence-electron chi connectivity index (χ3n) is 2.23. The van der Waals surface area contributed by atoms with Crippen LogP contribution in [0.3, 0.4) is 0 Å². The average molecular weight is 373 g/mol. The van der Waals surface area contributed by atoms with Crippen LogP contribution in [0.25, 0.3) is 0 Å². The maximum atomic E-state index is 12.3. The summed E-state index contributed by atoms with van der Waals surface area (Å²) < 4.78 is 5.95. The Hall–Kier alpha value is -1.37. The second kappa shape index (κ2) is 7.28. The van der Waals surface area contributed by atoms with Crippen molar-refractivity contribution in [2.24, 2.45) is 0 Å². The van der Waals surface area contributed by atoms with Gasteiger partial charge < -0.3 is 9.64 Å². The van der Waals surface area contributed by atoms with Crippen LogP contribution in [0.4, 0.5) is 0 Å². The number of nitrogens with zero attached hydrogens (tertiary/aromatic N) is 1. The highest BCUT2D eigenvalue weighted by molar-refractivity contribution is 14.1. The van der Waals surface area contributed by atoms with E-state index in [0.717, 1.165) is 3.57 Å². The van der Waals surface area contributed by atoms with Crippen molar-refractivity contribution in [2.75, 3.05) is 20.7 Å². The highest BCUT2D eigenvalue weighted by atomic mass is 127. The lowest BCUT2D eigenvalue weighted by atomic mass is 10.0. The van der Waals surface area contributed by atoms with Gasteiger partial charge in [-0.05, 0) is 53.8 Å². The monoisotopic (exact) mass is 373 g/mol. The number of carbonyl (C=O) groups excluding carboxylic acids is 2. The van der Waals surface area contributed by atoms with Crippen LogP contribution in [0.15, 0.2) is 36.0 Å². The van der Waals surface area contributed by atoms with Gasteiger partial charge in [0.1, 0.15) is 5.57 Å². The molecular formula is C14H16INO3. The second-order valence-corrected chi connectivity index (χ2v) is 5.31. The first-order chi connectivity index (χ1) is 8.95. The van der Waals surface area contributed by atoms with E-state index in [4.69, 9.17) is 4.74 Å². The first-order valence-electron chi connectivity index (χ1n) is 5.81. The minimum absolute atomic E-state index is 0.0352. The predicted molar refractivity (Wildman–Crippen MR) is 81.9 cm³/mol. The van der Waals surface area contributed by atoms with Gasteiger partial charge >= 0.3 is 5.97 Å². The molecule has 0 saturated heterocycles. The van der Waals surface area contributed by atoms with E-state index >= 15 is 0 Å². The summed E-state index contributed by atoms with van der Waals surface area (Å²) in [5.41, 5.74) is 0.509. The maximum Gasteiger partial charge on any atom is 0.343 e. The summed E-state index contributed by atoms with van der Waals surface area (Å²) in [6, 6.07) is 7.05. The highest BCUT2D eigenvalue weighted by Gasteiger charge is 2.21. The molecule has 0 unspecified atom stereocenters. The van der Waals surface area contributed by atoms with Crippen molar-refractivity contribution in [1.29, 1.82) is 0 Å². The van der Waals surface area contributed by atoms with E-state index in [0.29, 0.717) is 5.56 Å². The van der Waals surface area contributed by atoms with Gasteiger partial charge in [-0.15, -0.1) is 0 Å². The van der Waals surface area contributed by atoms with E-state index in [1.165, 1.54) is 6.20 Å². The number of esters is 1. The van der Waals surface area contributed by atoms with Crippen LogP contribution in [0.2, 0.25) is 0 Å². The maximum absolute atomic E-state index is 12.3. The number of Topliss-reactive ketones (excluding diaryl/α,β-unsaturated/α-hetero) is 1. The normalized spacial score (nSPS) is 11.1. The fourth-order valence-corrected chi connectivity index (χ4v) is 1.79. The van der Waals surface area contributed by atoms with E-state index in [1.807, 2.05) is 12.1 Å². The molecule has 0 aliphatic rings. The van der Waals surface area contributed by atoms with Crippen molar-refractivity contribution in [2.45, 2.75) is 6.92 Å². The molecule has 19 heavy (non-hydrogen) atoms. The van der Waals surface area contributed by atoms with Crippen LogP contribution in [-0.4, -0.2) is 37.4 Å². The fraction of sp³-hybridized carbons (Fsp3) is 0.286. The fourth-order valence-electron chi connectivity index (χ4n) is 1.43. The van der Waals surface area contributed by atoms with Crippen LogP contribution in [0, 0.1) is 3.57 Å². The predicted octanol–water partition coefficient (Wildman–Crippen LogP) is 2.48. The van der Waals surface area contributed by atoms with Gasteiger partial charge in [0, 0.05) is 29.4 Å². The van der Waals surface area contributed by atoms with E-state index in [9.17, 15) is 9.59 Å². The van der Waals surface area contributed by atoms with Gasteiger partial charge in [0.15, 0.2) is 0 Å². The number of benzene rings is 1. The summed E-state index contributed by atoms with van der Waals surface area (Å²) in [4.78, 5) is 25.8. The Morgan fingerprint density at radius 1 is 1.26 bits per heavy atom. The molecule has 0 aromatic heterocycles. The molecule has 4 nitrogen and oxygen atoms in total. The van der Waals surface area contributed by atoms with Crippen LogP contribution in [0.5, 0.6) is 0 Å². The smallest absolute Gasteiger partial charge is 0.343 e. The molecule has 0 heterocycles. The number of carbonyl (C=O) groups is 2. The molecule has 0 bridgehead atoms. The molecule has 0 saturated carbocycles. The molecule has 0 spiro atoms. The first-order valence-corrected chi connectivity index (χ1v) is 6.89. The van der Waals surface area contributed by atoms with Crippen molar-refractivity contribution >= 4 is 34.3 Å². The number of ketones is 1. The van der Waals surface area contributed by atoms with Crippen LogP contribution >= 0.6 is 22.6 Å². The first kappa shape index (κ1) is 15.7. The second-order valence-electron chi connectivity index (χ2n) is 4.06. The summed E-state index contributed by atoms with van der Waals surface area (Å²) in [6.07, 6.45) is 1.48. The Labute approximate surface area is 126 Å². The lowest BCUT2D eigenvalue weighted by Gasteiger charge is -2.10. The quantitative estimate of drug-likeness (QED) is 0.199. The summed E-state index contributed by atoms with van der Waals surface area (Å²) in [7, 11) is 3.50. The molecule has 0 atom stereocenters. The molecule has 0 amide bonds. The minimum Gasteiger partial charge on any atom is -0.462 e. The number of rotatable bonds is 5. The number of hydrogen-bond donors (Lipinski definition) is 0. The number of halogens is 1. The summed E-state index contributed by atoms with van der Waals surface area (Å²) in [5.74, 6) is -0.927. The minimum atomic E-state index is -0.597. The Bertz CT molecular complexity index is 492. The van der Waals surface area contributed by atoms with Gasteiger partial charge in [0.2, 0.25) is 5.78 Å². The summed E-state index contributed by atoms with van der Waals surface area (Å²) >= 11 is 2.16. The zero-order valence-corrected chi connectivity index (χ0v) is 13.3. The van der Waals surface area contributed by atoms with E-state index in [-0.39, 0.29) is 18.0 Å². The molecule has 1 aromatic rings. The van der Waals surface area contributed by atoms with Gasteiger partial charge in [-0.2, -0.15) is 0 Å². The number of hydrogen-bond acceptors (Lipinski definition) is 4. The molecule has 0 N–H and O–H groups in total. The van der Waals surface area contributed by atoms with Crippen LogP contribution < -0.4 is 0 Å². The zero-order valence-electron chi connectivity index (χ0n) is 11.1. The number of ether oxygens (including phenoxy) is 1. The Balaban J connectivity index is 3.08. The van der Waals surface area contributed by atoms with Crippen molar-refractivity contribution in [3.05, 3.63) is 45.2 Å². The summed E-state index contributed by atoms with van der Waals surface area (Å²) in [5, 5.41) is 0. The van der Waals surface area contributed by atoms with Crippen molar-refractivity contribution < 1.29 is 14.3 Å². The van der Waals surface area contributed by atoms with Crippen molar-refractivity contribution in [3.63, 3.8) is 0 Å². The Kier molecular flexibility index (Phi) is 6.01. The third-order valence-corrected chi connectivity index (χ3v) is 2.95. The van der Waals surface area contributed by atoms with Gasteiger partial charge in [-0.25, -0.2) is 4.79 Å². The zero-order chi connectivity index (χ0) is 14.4. The lowest BCUT2D eigenvalue weighted by molar-refractivity contribution is -0.138.